The first kappa shape index (κ1) is 22.0. The van der Waals surface area contributed by atoms with E-state index in [2.05, 4.69) is 5.32 Å². The van der Waals surface area contributed by atoms with Gasteiger partial charge in [-0.05, 0) is 48.7 Å². The number of benzene rings is 2. The van der Waals surface area contributed by atoms with E-state index in [1.807, 2.05) is 0 Å². The number of hydrogen-bond acceptors (Lipinski definition) is 3. The minimum absolute atomic E-state index is 0.0527. The lowest BCUT2D eigenvalue weighted by Gasteiger charge is -2.20. The van der Waals surface area contributed by atoms with Crippen LogP contribution in [0.4, 0.5) is 14.5 Å². The van der Waals surface area contributed by atoms with Gasteiger partial charge < -0.3 is 5.32 Å². The Kier molecular flexibility index (Phi) is 7.26. The number of nitrogens with zero attached hydrogens (tertiary/aromatic N) is 1. The molecule has 0 saturated heterocycles. The number of rotatable bonds is 8. The number of amides is 1. The molecule has 5 nitrogen and oxygen atoms in total. The predicted molar refractivity (Wildman–Crippen MR) is 105 cm³/mol. The molecule has 28 heavy (non-hydrogen) atoms. The maximum absolute atomic E-state index is 13.2. The molecule has 0 bridgehead atoms. The maximum Gasteiger partial charge on any atom is 0.243 e. The van der Waals surface area contributed by atoms with Gasteiger partial charge in [-0.2, -0.15) is 4.31 Å². The van der Waals surface area contributed by atoms with Crippen LogP contribution < -0.4 is 5.32 Å². The van der Waals surface area contributed by atoms with Crippen LogP contribution in [0.2, 0.25) is 0 Å². The minimum atomic E-state index is -3.65. The summed E-state index contributed by atoms with van der Waals surface area (Å²) in [5.74, 6) is -2.24. The number of carbonyl (C=O) groups is 1. The number of carbonyl (C=O) groups excluding carboxylic acids is 1. The number of hydrogen-bond donors (Lipinski definition) is 1. The van der Waals surface area contributed by atoms with Crippen molar-refractivity contribution in [3.05, 3.63) is 59.2 Å². The van der Waals surface area contributed by atoms with E-state index in [1.165, 1.54) is 16.4 Å². The van der Waals surface area contributed by atoms with Gasteiger partial charge in [-0.1, -0.05) is 26.0 Å². The van der Waals surface area contributed by atoms with Gasteiger partial charge in [0.05, 0.1) is 4.90 Å². The third-order valence-electron chi connectivity index (χ3n) is 4.42. The largest absolute Gasteiger partial charge is 0.326 e. The van der Waals surface area contributed by atoms with Gasteiger partial charge >= 0.3 is 0 Å². The molecule has 0 aliphatic heterocycles. The van der Waals surface area contributed by atoms with Crippen LogP contribution >= 0.6 is 0 Å². The summed E-state index contributed by atoms with van der Waals surface area (Å²) in [6, 6.07) is 8.22. The molecular weight excluding hydrogens is 386 g/mol. The zero-order valence-corrected chi connectivity index (χ0v) is 16.9. The molecule has 1 N–H and O–H groups in total. The third-order valence-corrected chi connectivity index (χ3v) is 6.61. The van der Waals surface area contributed by atoms with Gasteiger partial charge in [0.15, 0.2) is 11.6 Å². The number of aryl methyl sites for hydroxylation is 2. The molecule has 2 aromatic carbocycles. The van der Waals surface area contributed by atoms with E-state index in [0.717, 1.165) is 12.1 Å². The lowest BCUT2D eigenvalue weighted by Crippen LogP contribution is -2.31. The molecular formula is C20H24F2N2O3S. The Bertz CT molecular complexity index is 958. The van der Waals surface area contributed by atoms with E-state index in [1.54, 1.807) is 32.9 Å². The number of halogens is 2. The highest BCUT2D eigenvalue weighted by Gasteiger charge is 2.24. The van der Waals surface area contributed by atoms with E-state index in [-0.39, 0.29) is 23.6 Å². The third kappa shape index (κ3) is 5.14. The first-order valence-electron chi connectivity index (χ1n) is 9.03. The molecule has 0 aliphatic carbocycles. The highest BCUT2D eigenvalue weighted by molar-refractivity contribution is 7.89. The van der Waals surface area contributed by atoms with Gasteiger partial charge in [-0.3, -0.25) is 4.79 Å². The minimum Gasteiger partial charge on any atom is -0.326 e. The maximum atomic E-state index is 13.2. The van der Waals surface area contributed by atoms with Crippen LogP contribution in [-0.2, 0) is 21.2 Å². The van der Waals surface area contributed by atoms with E-state index in [0.29, 0.717) is 29.9 Å². The highest BCUT2D eigenvalue weighted by atomic mass is 32.2. The van der Waals surface area contributed by atoms with Crippen molar-refractivity contribution < 1.29 is 22.0 Å². The molecule has 0 saturated carbocycles. The average molecular weight is 410 g/mol. The Morgan fingerprint density at radius 2 is 1.71 bits per heavy atom. The smallest absolute Gasteiger partial charge is 0.243 e. The van der Waals surface area contributed by atoms with Crippen molar-refractivity contribution in [2.75, 3.05) is 18.4 Å². The zero-order valence-electron chi connectivity index (χ0n) is 16.1. The molecule has 0 atom stereocenters. The molecule has 2 aromatic rings. The van der Waals surface area contributed by atoms with Gasteiger partial charge in [0.1, 0.15) is 0 Å². The lowest BCUT2D eigenvalue weighted by atomic mass is 10.1. The molecule has 0 fully saturated rings. The summed E-state index contributed by atoms with van der Waals surface area (Å²) in [5, 5.41) is 2.66. The van der Waals surface area contributed by atoms with E-state index < -0.39 is 21.7 Å². The van der Waals surface area contributed by atoms with Crippen molar-refractivity contribution in [2.45, 2.75) is 38.5 Å². The summed E-state index contributed by atoms with van der Waals surface area (Å²) in [6.45, 7) is 5.93. The lowest BCUT2D eigenvalue weighted by molar-refractivity contribution is -0.116. The number of anilines is 1. The van der Waals surface area contributed by atoms with E-state index in [9.17, 15) is 22.0 Å². The Labute approximate surface area is 164 Å². The molecule has 1 amide bonds. The normalized spacial score (nSPS) is 11.6. The quantitative estimate of drug-likeness (QED) is 0.718. The van der Waals surface area contributed by atoms with E-state index >= 15 is 0 Å². The first-order valence-corrected chi connectivity index (χ1v) is 10.5. The second-order valence-corrected chi connectivity index (χ2v) is 8.27. The number of nitrogens with one attached hydrogen (secondary N) is 1. The first-order chi connectivity index (χ1) is 13.2. The van der Waals surface area contributed by atoms with Crippen LogP contribution in [0.15, 0.2) is 41.3 Å². The Morgan fingerprint density at radius 1 is 1.04 bits per heavy atom. The average Bonchev–Trinajstić information content (AvgIpc) is 2.65. The van der Waals surface area contributed by atoms with Crippen LogP contribution in [0.1, 0.15) is 31.4 Å². The van der Waals surface area contributed by atoms with Crippen molar-refractivity contribution in [1.29, 1.82) is 0 Å². The summed E-state index contributed by atoms with van der Waals surface area (Å²) in [5.41, 5.74) is 1.46. The van der Waals surface area contributed by atoms with Gasteiger partial charge in [0.2, 0.25) is 15.9 Å². The van der Waals surface area contributed by atoms with Crippen LogP contribution in [-0.4, -0.2) is 31.7 Å². The van der Waals surface area contributed by atoms with Gasteiger partial charge in [0.25, 0.3) is 0 Å². The van der Waals surface area contributed by atoms with Crippen LogP contribution in [0.5, 0.6) is 0 Å². The highest BCUT2D eigenvalue weighted by Crippen LogP contribution is 2.24. The Balaban J connectivity index is 2.11. The fourth-order valence-electron chi connectivity index (χ4n) is 2.83. The van der Waals surface area contributed by atoms with Crippen molar-refractivity contribution in [2.24, 2.45) is 0 Å². The molecule has 0 spiro atoms. The monoisotopic (exact) mass is 410 g/mol. The van der Waals surface area contributed by atoms with Crippen LogP contribution in [0, 0.1) is 18.6 Å². The fraction of sp³-hybridized carbons (Fsp3) is 0.350. The summed E-state index contributed by atoms with van der Waals surface area (Å²) >= 11 is 0. The molecule has 0 aliphatic rings. The molecule has 0 aromatic heterocycles. The van der Waals surface area contributed by atoms with Crippen LogP contribution in [0.3, 0.4) is 0 Å². The SMILES string of the molecule is CCN(CC)S(=O)(=O)c1cc(NC(=O)CCc2ccc(F)c(F)c2)ccc1C. The predicted octanol–water partition coefficient (Wildman–Crippen LogP) is 3.88. The standard InChI is InChI=1S/C20H24F2N2O3S/c1-4-24(5-2)28(26,27)19-13-16(9-6-14(19)3)23-20(25)11-8-15-7-10-17(21)18(22)12-15/h6-7,9-10,12-13H,4-5,8,11H2,1-3H3,(H,23,25). The van der Waals surface area contributed by atoms with Gasteiger partial charge in [-0.25, -0.2) is 17.2 Å². The topological polar surface area (TPSA) is 66.5 Å². The second kappa shape index (κ2) is 9.25. The summed E-state index contributed by atoms with van der Waals surface area (Å²) in [6.07, 6.45) is 0.288. The molecule has 152 valence electrons. The molecule has 8 heteroatoms. The van der Waals surface area contributed by atoms with Crippen molar-refractivity contribution in [3.63, 3.8) is 0 Å². The van der Waals surface area contributed by atoms with Crippen molar-refractivity contribution in [1.82, 2.24) is 4.31 Å². The summed E-state index contributed by atoms with van der Waals surface area (Å²) in [4.78, 5) is 12.3. The molecule has 0 heterocycles. The van der Waals surface area contributed by atoms with Crippen LogP contribution in [0.25, 0.3) is 0 Å². The summed E-state index contributed by atoms with van der Waals surface area (Å²) < 4.78 is 53.1. The Hall–Kier alpha value is -2.32. The number of sulfonamides is 1. The summed E-state index contributed by atoms with van der Waals surface area (Å²) in [7, 11) is -3.65. The second-order valence-electron chi connectivity index (χ2n) is 6.37. The van der Waals surface area contributed by atoms with Gasteiger partial charge in [-0.15, -0.1) is 0 Å². The molecule has 2 rings (SSSR count). The molecule has 0 unspecified atom stereocenters. The van der Waals surface area contributed by atoms with Gasteiger partial charge in [0, 0.05) is 25.2 Å². The zero-order chi connectivity index (χ0) is 20.9. The van der Waals surface area contributed by atoms with Crippen molar-refractivity contribution in [3.8, 4) is 0 Å². The van der Waals surface area contributed by atoms with Crippen molar-refractivity contribution >= 4 is 21.6 Å². The van der Waals surface area contributed by atoms with E-state index in [4.69, 9.17) is 0 Å². The molecule has 0 radical (unpaired) electrons. The fourth-order valence-corrected chi connectivity index (χ4v) is 4.54. The Morgan fingerprint density at radius 3 is 2.32 bits per heavy atom.